The van der Waals surface area contributed by atoms with Gasteiger partial charge in [0.2, 0.25) is 5.91 Å². The fraction of sp³-hybridized carbons (Fsp3) is 0.458. The van der Waals surface area contributed by atoms with Gasteiger partial charge in [-0.1, -0.05) is 38.1 Å². The van der Waals surface area contributed by atoms with Crippen LogP contribution >= 0.6 is 0 Å². The van der Waals surface area contributed by atoms with Crippen molar-refractivity contribution in [2.45, 2.75) is 51.0 Å². The Labute approximate surface area is 180 Å². The molecule has 1 amide bonds. The number of rotatable bonds is 11. The zero-order chi connectivity index (χ0) is 21.6. The lowest BCUT2D eigenvalue weighted by atomic mass is 10.1. The highest BCUT2D eigenvalue weighted by Gasteiger charge is 2.23. The minimum absolute atomic E-state index is 0.0691. The van der Waals surface area contributed by atoms with Gasteiger partial charge in [0.15, 0.2) is 9.84 Å². The van der Waals surface area contributed by atoms with Crippen LogP contribution in [-0.4, -0.2) is 38.1 Å². The molecule has 0 radical (unpaired) electrons. The second-order valence-electron chi connectivity index (χ2n) is 8.15. The third-order valence-corrected chi connectivity index (χ3v) is 7.17. The van der Waals surface area contributed by atoms with Crippen LogP contribution in [0.5, 0.6) is 0 Å². The van der Waals surface area contributed by atoms with Crippen LogP contribution in [0.3, 0.4) is 0 Å². The molecule has 2 aromatic rings. The number of hydrogen-bond acceptors (Lipinski definition) is 4. The van der Waals surface area contributed by atoms with Gasteiger partial charge < -0.3 is 5.32 Å². The van der Waals surface area contributed by atoms with Crippen LogP contribution in [0.25, 0.3) is 0 Å². The molecule has 0 aromatic heterocycles. The molecule has 1 saturated carbocycles. The van der Waals surface area contributed by atoms with E-state index < -0.39 is 9.84 Å². The van der Waals surface area contributed by atoms with Gasteiger partial charge in [0.05, 0.1) is 17.1 Å². The smallest absolute Gasteiger partial charge is 0.228 e. The first kappa shape index (κ1) is 22.5. The van der Waals surface area contributed by atoms with E-state index in [4.69, 9.17) is 0 Å². The quantitative estimate of drug-likeness (QED) is 0.580. The largest absolute Gasteiger partial charge is 0.326 e. The first-order valence-corrected chi connectivity index (χ1v) is 12.5. The fourth-order valence-corrected chi connectivity index (χ4v) is 4.42. The van der Waals surface area contributed by atoms with Crippen molar-refractivity contribution in [2.75, 3.05) is 24.2 Å². The molecule has 0 spiro atoms. The van der Waals surface area contributed by atoms with Crippen molar-refractivity contribution < 1.29 is 13.2 Å². The van der Waals surface area contributed by atoms with Gasteiger partial charge in [-0.25, -0.2) is 8.42 Å². The van der Waals surface area contributed by atoms with Crippen LogP contribution in [0.4, 0.5) is 5.69 Å². The van der Waals surface area contributed by atoms with Gasteiger partial charge in [0.25, 0.3) is 0 Å². The number of carbonyl (C=O) groups excluding carboxylic acids is 1. The summed E-state index contributed by atoms with van der Waals surface area (Å²) in [6, 6.07) is 14.6. The van der Waals surface area contributed by atoms with E-state index in [1.807, 2.05) is 12.1 Å². The second kappa shape index (κ2) is 10.2. The predicted octanol–water partition coefficient (Wildman–Crippen LogP) is 4.28. The van der Waals surface area contributed by atoms with Gasteiger partial charge >= 0.3 is 0 Å². The third kappa shape index (κ3) is 6.67. The van der Waals surface area contributed by atoms with Crippen molar-refractivity contribution in [1.29, 1.82) is 0 Å². The molecule has 3 rings (SSSR count). The standard InChI is InChI=1S/C24H32N2O3S/c1-3-15-26(17-20-5-6-20)18-21-7-11-22(12-8-21)25-24(27)16-19-9-13-23(14-10-19)30(28,29)4-2/h7-14,20H,3-6,15-18H2,1-2H3,(H,25,27). The van der Waals surface area contributed by atoms with Crippen molar-refractivity contribution in [1.82, 2.24) is 4.90 Å². The highest BCUT2D eigenvalue weighted by Crippen LogP contribution is 2.30. The molecule has 1 N–H and O–H groups in total. The van der Waals surface area contributed by atoms with Gasteiger partial charge in [0.1, 0.15) is 0 Å². The second-order valence-corrected chi connectivity index (χ2v) is 10.4. The summed E-state index contributed by atoms with van der Waals surface area (Å²) in [5.41, 5.74) is 2.82. The number of sulfone groups is 1. The van der Waals surface area contributed by atoms with E-state index in [9.17, 15) is 13.2 Å². The zero-order valence-electron chi connectivity index (χ0n) is 17.9. The number of nitrogens with one attached hydrogen (secondary N) is 1. The van der Waals surface area contributed by atoms with Gasteiger partial charge in [-0.05, 0) is 67.1 Å². The van der Waals surface area contributed by atoms with E-state index >= 15 is 0 Å². The Bertz CT molecular complexity index is 933. The van der Waals surface area contributed by atoms with E-state index in [1.165, 1.54) is 24.9 Å². The lowest BCUT2D eigenvalue weighted by Gasteiger charge is -2.21. The molecule has 0 heterocycles. The molecule has 0 aliphatic heterocycles. The number of amides is 1. The Morgan fingerprint density at radius 2 is 1.63 bits per heavy atom. The number of anilines is 1. The first-order valence-electron chi connectivity index (χ1n) is 10.8. The summed E-state index contributed by atoms with van der Waals surface area (Å²) in [7, 11) is -3.22. The van der Waals surface area contributed by atoms with Crippen LogP contribution in [0, 0.1) is 5.92 Å². The summed E-state index contributed by atoms with van der Waals surface area (Å²) in [5.74, 6) is 0.834. The Balaban J connectivity index is 1.52. The molecule has 5 nitrogen and oxygen atoms in total. The number of benzene rings is 2. The molecule has 0 atom stereocenters. The molecule has 0 bridgehead atoms. The van der Waals surface area contributed by atoms with Gasteiger partial charge in [-0.2, -0.15) is 0 Å². The molecule has 30 heavy (non-hydrogen) atoms. The maximum absolute atomic E-state index is 12.4. The van der Waals surface area contributed by atoms with Gasteiger partial charge in [-0.15, -0.1) is 0 Å². The lowest BCUT2D eigenvalue weighted by Crippen LogP contribution is -2.26. The summed E-state index contributed by atoms with van der Waals surface area (Å²) >= 11 is 0. The van der Waals surface area contributed by atoms with Crippen LogP contribution in [-0.2, 0) is 27.6 Å². The lowest BCUT2D eigenvalue weighted by molar-refractivity contribution is -0.115. The molecule has 0 unspecified atom stereocenters. The minimum Gasteiger partial charge on any atom is -0.326 e. The normalized spacial score (nSPS) is 14.1. The van der Waals surface area contributed by atoms with E-state index in [1.54, 1.807) is 31.2 Å². The zero-order valence-corrected chi connectivity index (χ0v) is 18.7. The maximum atomic E-state index is 12.4. The Hall–Kier alpha value is -2.18. The molecule has 2 aromatic carbocycles. The summed E-state index contributed by atoms with van der Waals surface area (Å²) in [5, 5.41) is 2.92. The average Bonchev–Trinajstić information content (AvgIpc) is 3.54. The summed E-state index contributed by atoms with van der Waals surface area (Å²) in [6.45, 7) is 7.09. The van der Waals surface area contributed by atoms with Crippen LogP contribution in [0.1, 0.15) is 44.2 Å². The topological polar surface area (TPSA) is 66.5 Å². The van der Waals surface area contributed by atoms with E-state index in [0.717, 1.165) is 36.7 Å². The average molecular weight is 429 g/mol. The number of carbonyl (C=O) groups is 1. The maximum Gasteiger partial charge on any atom is 0.228 e. The van der Waals surface area contributed by atoms with Crippen LogP contribution < -0.4 is 5.32 Å². The van der Waals surface area contributed by atoms with Crippen molar-refractivity contribution in [3.05, 3.63) is 59.7 Å². The summed E-state index contributed by atoms with van der Waals surface area (Å²) in [4.78, 5) is 15.2. The number of hydrogen-bond donors (Lipinski definition) is 1. The summed E-state index contributed by atoms with van der Waals surface area (Å²) in [6.07, 6.45) is 4.09. The molecule has 1 aliphatic carbocycles. The monoisotopic (exact) mass is 428 g/mol. The van der Waals surface area contributed by atoms with Gasteiger partial charge in [0, 0.05) is 18.8 Å². The Kier molecular flexibility index (Phi) is 7.67. The highest BCUT2D eigenvalue weighted by atomic mass is 32.2. The van der Waals surface area contributed by atoms with Crippen molar-refractivity contribution in [3.63, 3.8) is 0 Å². The Morgan fingerprint density at radius 1 is 1.00 bits per heavy atom. The molecule has 162 valence electrons. The molecule has 1 fully saturated rings. The first-order chi connectivity index (χ1) is 14.4. The fourth-order valence-electron chi connectivity index (χ4n) is 3.54. The molecular formula is C24H32N2O3S. The Morgan fingerprint density at radius 3 is 2.20 bits per heavy atom. The van der Waals surface area contributed by atoms with Crippen LogP contribution in [0.2, 0.25) is 0 Å². The molecule has 0 saturated heterocycles. The SMILES string of the molecule is CCCN(Cc1ccc(NC(=O)Cc2ccc(S(=O)(=O)CC)cc2)cc1)CC1CC1. The van der Waals surface area contributed by atoms with Crippen molar-refractivity contribution >= 4 is 21.4 Å². The third-order valence-electron chi connectivity index (χ3n) is 5.42. The summed E-state index contributed by atoms with van der Waals surface area (Å²) < 4.78 is 23.8. The minimum atomic E-state index is -3.22. The van der Waals surface area contributed by atoms with E-state index in [0.29, 0.717) is 4.90 Å². The molecule has 1 aliphatic rings. The van der Waals surface area contributed by atoms with E-state index in [2.05, 4.69) is 29.3 Å². The van der Waals surface area contributed by atoms with Crippen LogP contribution in [0.15, 0.2) is 53.4 Å². The highest BCUT2D eigenvalue weighted by molar-refractivity contribution is 7.91. The van der Waals surface area contributed by atoms with E-state index in [-0.39, 0.29) is 18.1 Å². The van der Waals surface area contributed by atoms with Crippen molar-refractivity contribution in [2.24, 2.45) is 5.92 Å². The molecule has 6 heteroatoms. The number of nitrogens with zero attached hydrogens (tertiary/aromatic N) is 1. The predicted molar refractivity (Wildman–Crippen MR) is 121 cm³/mol. The molecular weight excluding hydrogens is 396 g/mol. The van der Waals surface area contributed by atoms with Gasteiger partial charge in [-0.3, -0.25) is 9.69 Å². The van der Waals surface area contributed by atoms with Crippen molar-refractivity contribution in [3.8, 4) is 0 Å².